The number of amides is 2. The van der Waals surface area contributed by atoms with Crippen molar-refractivity contribution in [3.63, 3.8) is 0 Å². The predicted molar refractivity (Wildman–Crippen MR) is 117 cm³/mol. The maximum atomic E-state index is 13.4. The lowest BCUT2D eigenvalue weighted by atomic mass is 10.2. The fraction of sp³-hybridized carbons (Fsp3) is 0.333. The van der Waals surface area contributed by atoms with Gasteiger partial charge in [0.1, 0.15) is 0 Å². The fourth-order valence-electron chi connectivity index (χ4n) is 3.65. The summed E-state index contributed by atoms with van der Waals surface area (Å²) in [5, 5.41) is 1.70. The molecule has 0 bridgehead atoms. The van der Waals surface area contributed by atoms with Crippen molar-refractivity contribution >= 4 is 45.0 Å². The number of hydrogen-bond acceptors (Lipinski definition) is 5. The van der Waals surface area contributed by atoms with Crippen LogP contribution in [0.4, 0.5) is 20.2 Å². The van der Waals surface area contributed by atoms with Gasteiger partial charge in [-0.3, -0.25) is 14.3 Å². The van der Waals surface area contributed by atoms with E-state index < -0.39 is 32.8 Å². The zero-order chi connectivity index (χ0) is 22.9. The normalized spacial score (nSPS) is 19.0. The first-order valence-corrected chi connectivity index (χ1v) is 12.5. The Bertz CT molecular complexity index is 1170. The van der Waals surface area contributed by atoms with Crippen LogP contribution in [-0.4, -0.2) is 43.5 Å². The van der Waals surface area contributed by atoms with E-state index in [0.29, 0.717) is 18.0 Å². The zero-order valence-corrected chi connectivity index (χ0v) is 18.6. The average Bonchev–Trinajstić information content (AvgIpc) is 3.04. The van der Waals surface area contributed by atoms with Crippen molar-refractivity contribution < 1.29 is 26.8 Å². The van der Waals surface area contributed by atoms with E-state index in [-0.39, 0.29) is 22.2 Å². The molecule has 4 rings (SSSR count). The van der Waals surface area contributed by atoms with Crippen molar-refractivity contribution in [1.82, 2.24) is 4.90 Å². The van der Waals surface area contributed by atoms with Crippen LogP contribution in [0.3, 0.4) is 0 Å². The molecule has 2 aromatic carbocycles. The molecule has 2 amide bonds. The smallest absolute Gasteiger partial charge is 0.261 e. The van der Waals surface area contributed by atoms with Crippen LogP contribution >= 0.6 is 11.8 Å². The Balaban J connectivity index is 1.53. The fourth-order valence-corrected chi connectivity index (χ4v) is 5.78. The number of hydrogen-bond donors (Lipinski definition) is 2. The maximum absolute atomic E-state index is 13.4. The number of fused-ring (bicyclic) bond motifs is 1. The third kappa shape index (κ3) is 4.73. The van der Waals surface area contributed by atoms with Crippen LogP contribution in [0.2, 0.25) is 0 Å². The molecule has 2 N–H and O–H groups in total. The van der Waals surface area contributed by atoms with Gasteiger partial charge in [0.25, 0.3) is 10.0 Å². The number of carbonyl (C=O) groups excluding carboxylic acids is 2. The van der Waals surface area contributed by atoms with Gasteiger partial charge in [0.2, 0.25) is 11.8 Å². The summed E-state index contributed by atoms with van der Waals surface area (Å²) in [7, 11) is -4.12. The van der Waals surface area contributed by atoms with E-state index in [1.165, 1.54) is 18.2 Å². The lowest BCUT2D eigenvalue weighted by Crippen LogP contribution is -2.45. The highest BCUT2D eigenvalue weighted by atomic mass is 32.2. The summed E-state index contributed by atoms with van der Waals surface area (Å²) in [4.78, 5) is 27.6. The van der Waals surface area contributed by atoms with Gasteiger partial charge >= 0.3 is 0 Å². The summed E-state index contributed by atoms with van der Waals surface area (Å²) < 4.78 is 54.0. The Kier molecular flexibility index (Phi) is 6.38. The quantitative estimate of drug-likeness (QED) is 0.651. The van der Waals surface area contributed by atoms with Crippen LogP contribution in [0.15, 0.2) is 46.2 Å². The molecule has 32 heavy (non-hydrogen) atoms. The highest BCUT2D eigenvalue weighted by Crippen LogP contribution is 2.38. The second-order valence-electron chi connectivity index (χ2n) is 7.62. The monoisotopic (exact) mass is 481 g/mol. The van der Waals surface area contributed by atoms with Crippen LogP contribution < -0.4 is 10.0 Å². The first kappa shape index (κ1) is 22.5. The second-order valence-corrected chi connectivity index (χ2v) is 10.4. The van der Waals surface area contributed by atoms with E-state index in [1.54, 1.807) is 4.90 Å². The molecule has 7 nitrogen and oxygen atoms in total. The van der Waals surface area contributed by atoms with Gasteiger partial charge in [-0.2, -0.15) is 0 Å². The molecule has 0 radical (unpaired) electrons. The van der Waals surface area contributed by atoms with E-state index in [0.717, 1.165) is 55.6 Å². The third-order valence-corrected chi connectivity index (χ3v) is 7.96. The lowest BCUT2D eigenvalue weighted by molar-refractivity contribution is -0.133. The Morgan fingerprint density at radius 2 is 1.75 bits per heavy atom. The van der Waals surface area contributed by atoms with Gasteiger partial charge in [-0.15, -0.1) is 11.8 Å². The molecule has 0 saturated carbocycles. The van der Waals surface area contributed by atoms with Crippen LogP contribution in [0.5, 0.6) is 0 Å². The molecule has 0 unspecified atom stereocenters. The van der Waals surface area contributed by atoms with Crippen molar-refractivity contribution in [2.24, 2.45) is 0 Å². The van der Waals surface area contributed by atoms with Gasteiger partial charge in [0, 0.05) is 24.1 Å². The standard InChI is InChI=1S/C21H21F2N3O4S2/c22-15-7-5-13(11-16(15)23)25-32(29,30)14-6-8-18-17(12-14)24-20(27)19(31-18)21(28)26-9-3-1-2-4-10-26/h5-8,11-12,19,25H,1-4,9-10H2,(H,24,27)/t19-/m1/s1. The van der Waals surface area contributed by atoms with Crippen LogP contribution in [0.25, 0.3) is 0 Å². The molecule has 2 aliphatic rings. The summed E-state index contributed by atoms with van der Waals surface area (Å²) in [5.41, 5.74) is 0.135. The van der Waals surface area contributed by atoms with E-state index in [2.05, 4.69) is 10.0 Å². The van der Waals surface area contributed by atoms with Gasteiger partial charge in [-0.25, -0.2) is 17.2 Å². The molecule has 1 saturated heterocycles. The zero-order valence-electron chi connectivity index (χ0n) is 16.9. The second kappa shape index (κ2) is 9.07. The minimum absolute atomic E-state index is 0.136. The Morgan fingerprint density at radius 1 is 1.03 bits per heavy atom. The third-order valence-electron chi connectivity index (χ3n) is 5.32. The van der Waals surface area contributed by atoms with Gasteiger partial charge in [0.05, 0.1) is 16.3 Å². The Hall–Kier alpha value is -2.66. The Labute approximate surface area is 188 Å². The molecule has 11 heteroatoms. The van der Waals surface area contributed by atoms with Gasteiger partial charge in [-0.1, -0.05) is 12.8 Å². The summed E-state index contributed by atoms with van der Waals surface area (Å²) in [6, 6.07) is 6.78. The first-order valence-electron chi connectivity index (χ1n) is 10.1. The molecule has 0 aromatic heterocycles. The molecule has 2 aromatic rings. The number of likely N-dealkylation sites (tertiary alicyclic amines) is 1. The molecule has 2 heterocycles. The minimum Gasteiger partial charge on any atom is -0.341 e. The average molecular weight is 482 g/mol. The molecule has 1 fully saturated rings. The number of sulfonamides is 1. The number of anilines is 2. The number of rotatable bonds is 4. The van der Waals surface area contributed by atoms with Crippen LogP contribution in [0, 0.1) is 11.6 Å². The predicted octanol–water partition coefficient (Wildman–Crippen LogP) is 3.58. The van der Waals surface area contributed by atoms with Crippen molar-refractivity contribution in [2.75, 3.05) is 23.1 Å². The summed E-state index contributed by atoms with van der Waals surface area (Å²) >= 11 is 1.09. The molecule has 0 spiro atoms. The van der Waals surface area contributed by atoms with Crippen molar-refractivity contribution in [3.8, 4) is 0 Å². The van der Waals surface area contributed by atoms with Crippen molar-refractivity contribution in [2.45, 2.75) is 40.7 Å². The number of nitrogens with zero attached hydrogens (tertiary/aromatic N) is 1. The van der Waals surface area contributed by atoms with Crippen LogP contribution in [0.1, 0.15) is 25.7 Å². The number of thioether (sulfide) groups is 1. The minimum atomic E-state index is -4.12. The summed E-state index contributed by atoms with van der Waals surface area (Å²) in [6.45, 7) is 1.26. The van der Waals surface area contributed by atoms with Crippen molar-refractivity contribution in [1.29, 1.82) is 0 Å². The molecule has 0 aliphatic carbocycles. The van der Waals surface area contributed by atoms with Crippen LogP contribution in [-0.2, 0) is 19.6 Å². The lowest BCUT2D eigenvalue weighted by Gasteiger charge is -2.28. The number of halogens is 2. The van der Waals surface area contributed by atoms with Gasteiger partial charge in [0.15, 0.2) is 16.9 Å². The molecule has 2 aliphatic heterocycles. The maximum Gasteiger partial charge on any atom is 0.261 e. The van der Waals surface area contributed by atoms with Gasteiger partial charge in [-0.05, 0) is 43.2 Å². The number of carbonyl (C=O) groups is 2. The SMILES string of the molecule is O=C1Nc2cc(S(=O)(=O)Nc3ccc(F)c(F)c3)ccc2S[C@H]1C(=O)N1CCCCCC1. The van der Waals surface area contributed by atoms with E-state index in [4.69, 9.17) is 0 Å². The first-order chi connectivity index (χ1) is 15.2. The van der Waals surface area contributed by atoms with E-state index in [1.807, 2.05) is 0 Å². The highest BCUT2D eigenvalue weighted by molar-refractivity contribution is 8.01. The van der Waals surface area contributed by atoms with E-state index >= 15 is 0 Å². The largest absolute Gasteiger partial charge is 0.341 e. The summed E-state index contributed by atoms with van der Waals surface area (Å²) in [5.74, 6) is -3.01. The van der Waals surface area contributed by atoms with Gasteiger partial charge < -0.3 is 10.2 Å². The van der Waals surface area contributed by atoms with E-state index in [9.17, 15) is 26.8 Å². The molecular weight excluding hydrogens is 460 g/mol. The highest BCUT2D eigenvalue weighted by Gasteiger charge is 2.36. The molecular formula is C21H21F2N3O4S2. The molecule has 170 valence electrons. The van der Waals surface area contributed by atoms with Crippen molar-refractivity contribution in [3.05, 3.63) is 48.0 Å². The molecule has 1 atom stereocenters. The summed E-state index contributed by atoms with van der Waals surface area (Å²) in [6.07, 6.45) is 3.94. The number of nitrogens with one attached hydrogen (secondary N) is 2. The topological polar surface area (TPSA) is 95.6 Å². The Morgan fingerprint density at radius 3 is 2.44 bits per heavy atom. The number of benzene rings is 2.